The molecule has 28 heavy (non-hydrogen) atoms. The van der Waals surface area contributed by atoms with Gasteiger partial charge in [-0.25, -0.2) is 0 Å². The Morgan fingerprint density at radius 2 is 2.11 bits per heavy atom. The van der Waals surface area contributed by atoms with E-state index in [-0.39, 0.29) is 11.8 Å². The quantitative estimate of drug-likeness (QED) is 0.840. The van der Waals surface area contributed by atoms with E-state index in [1.165, 1.54) is 0 Å². The van der Waals surface area contributed by atoms with Crippen LogP contribution in [0.2, 0.25) is 0 Å². The largest absolute Gasteiger partial charge is 0.350 e. The van der Waals surface area contributed by atoms with Gasteiger partial charge in [0.2, 0.25) is 11.8 Å². The molecule has 0 radical (unpaired) electrons. The van der Waals surface area contributed by atoms with Gasteiger partial charge in [-0.05, 0) is 49.5 Å². The first-order chi connectivity index (χ1) is 13.7. The molecule has 4 rings (SSSR count). The first-order valence-electron chi connectivity index (χ1n) is 10.2. The summed E-state index contributed by atoms with van der Waals surface area (Å²) < 4.78 is 5.09. The molecule has 2 saturated heterocycles. The van der Waals surface area contributed by atoms with Gasteiger partial charge in [0.05, 0.1) is 18.2 Å². The summed E-state index contributed by atoms with van der Waals surface area (Å²) in [6.07, 6.45) is 5.93. The molecule has 2 aliphatic rings. The van der Waals surface area contributed by atoms with Gasteiger partial charge in [0.15, 0.2) is 0 Å². The van der Waals surface area contributed by atoms with E-state index >= 15 is 0 Å². The monoisotopic (exact) mass is 384 g/mol. The molecule has 2 aromatic rings. The number of anilines is 1. The molecule has 0 bridgehead atoms. The van der Waals surface area contributed by atoms with Crippen LogP contribution in [0, 0.1) is 12.8 Å². The number of carbonyl (C=O) groups excluding carboxylic acids is 1. The Balaban J connectivity index is 1.26. The molecule has 1 unspecified atom stereocenters. The van der Waals surface area contributed by atoms with Gasteiger partial charge in [0.1, 0.15) is 0 Å². The summed E-state index contributed by atoms with van der Waals surface area (Å²) in [5.41, 5.74) is 0.896. The molecule has 0 aliphatic carbocycles. The third-order valence-corrected chi connectivity index (χ3v) is 5.77. The van der Waals surface area contributed by atoms with E-state index in [9.17, 15) is 4.79 Å². The zero-order valence-electron chi connectivity index (χ0n) is 16.4. The minimum Gasteiger partial charge on any atom is -0.350 e. The maximum absolute atomic E-state index is 12.6. The summed E-state index contributed by atoms with van der Waals surface area (Å²) in [4.78, 5) is 25.9. The fourth-order valence-corrected chi connectivity index (χ4v) is 4.22. The highest BCUT2D eigenvalue weighted by Crippen LogP contribution is 2.25. The van der Waals surface area contributed by atoms with Crippen LogP contribution in [-0.4, -0.2) is 58.2 Å². The van der Waals surface area contributed by atoms with Crippen LogP contribution in [-0.2, 0) is 11.3 Å². The topological polar surface area (TPSA) is 87.4 Å². The third-order valence-electron chi connectivity index (χ3n) is 5.77. The molecule has 150 valence electrons. The van der Waals surface area contributed by atoms with Gasteiger partial charge in [-0.2, -0.15) is 4.98 Å². The summed E-state index contributed by atoms with van der Waals surface area (Å²) in [5, 5.41) is 7.09. The summed E-state index contributed by atoms with van der Waals surface area (Å²) in [5.74, 6) is 1.51. The minimum atomic E-state index is 0.0651. The number of nitrogens with one attached hydrogen (secondary N) is 1. The van der Waals surface area contributed by atoms with E-state index in [2.05, 4.69) is 30.2 Å². The summed E-state index contributed by atoms with van der Waals surface area (Å²) in [6, 6.07) is 6.29. The van der Waals surface area contributed by atoms with E-state index in [4.69, 9.17) is 4.52 Å². The van der Waals surface area contributed by atoms with Gasteiger partial charge in [0, 0.05) is 38.8 Å². The molecule has 2 aliphatic heterocycles. The molecule has 8 nitrogen and oxygen atoms in total. The molecule has 1 amide bonds. The molecule has 2 aromatic heterocycles. The zero-order valence-corrected chi connectivity index (χ0v) is 16.4. The van der Waals surface area contributed by atoms with E-state index in [0.29, 0.717) is 24.4 Å². The van der Waals surface area contributed by atoms with Crippen LogP contribution in [0.15, 0.2) is 28.9 Å². The molecule has 1 atom stereocenters. The Labute approximate surface area is 165 Å². The molecule has 0 saturated carbocycles. The number of carbonyl (C=O) groups is 1. The Bertz CT molecular complexity index is 772. The molecule has 4 heterocycles. The van der Waals surface area contributed by atoms with Crippen molar-refractivity contribution in [3.05, 3.63) is 36.0 Å². The van der Waals surface area contributed by atoms with Gasteiger partial charge in [-0.3, -0.25) is 14.7 Å². The van der Waals surface area contributed by atoms with Gasteiger partial charge in [-0.1, -0.05) is 6.07 Å². The van der Waals surface area contributed by atoms with Crippen molar-refractivity contribution in [2.45, 2.75) is 45.2 Å². The lowest BCUT2D eigenvalue weighted by Crippen LogP contribution is -2.51. The van der Waals surface area contributed by atoms with Crippen LogP contribution in [0.3, 0.4) is 0 Å². The van der Waals surface area contributed by atoms with E-state index in [1.807, 2.05) is 25.1 Å². The van der Waals surface area contributed by atoms with Crippen LogP contribution in [0.5, 0.6) is 0 Å². The first-order valence-corrected chi connectivity index (χ1v) is 10.2. The predicted octanol–water partition coefficient (Wildman–Crippen LogP) is 1.77. The van der Waals surface area contributed by atoms with E-state index in [0.717, 1.165) is 57.6 Å². The maximum atomic E-state index is 12.6. The number of nitrogens with zero attached hydrogens (tertiary/aromatic N) is 5. The Hall–Kier alpha value is -2.48. The van der Waals surface area contributed by atoms with Crippen molar-refractivity contribution in [1.82, 2.24) is 25.3 Å². The van der Waals surface area contributed by atoms with Crippen molar-refractivity contribution >= 4 is 11.9 Å². The van der Waals surface area contributed by atoms with Crippen molar-refractivity contribution in [3.63, 3.8) is 0 Å². The number of aromatic nitrogens is 3. The van der Waals surface area contributed by atoms with Crippen LogP contribution < -0.4 is 10.2 Å². The van der Waals surface area contributed by atoms with Crippen molar-refractivity contribution in [2.24, 2.45) is 5.92 Å². The lowest BCUT2D eigenvalue weighted by atomic mass is 9.93. The van der Waals surface area contributed by atoms with Gasteiger partial charge < -0.3 is 14.7 Å². The average molecular weight is 384 g/mol. The standard InChI is InChI=1S/C20H28N6O2/c1-15-23-20(24-28-15)25-11-7-18(8-12-25)26-10-4-5-16(14-26)19(27)22-13-17-6-2-3-9-21-17/h2-3,6,9,16,18H,4-5,7-8,10-14H2,1H3,(H,22,27). The lowest BCUT2D eigenvalue weighted by molar-refractivity contribution is -0.127. The van der Waals surface area contributed by atoms with Gasteiger partial charge in [0.25, 0.3) is 5.95 Å². The van der Waals surface area contributed by atoms with Gasteiger partial charge in [-0.15, -0.1) is 0 Å². The number of piperidine rings is 2. The summed E-state index contributed by atoms with van der Waals surface area (Å²) in [6.45, 7) is 6.10. The van der Waals surface area contributed by atoms with Crippen molar-refractivity contribution in [1.29, 1.82) is 0 Å². The second-order valence-corrected chi connectivity index (χ2v) is 7.70. The molecule has 0 spiro atoms. The summed E-state index contributed by atoms with van der Waals surface area (Å²) >= 11 is 0. The second kappa shape index (κ2) is 8.68. The van der Waals surface area contributed by atoms with Crippen LogP contribution in [0.25, 0.3) is 0 Å². The SMILES string of the molecule is Cc1nc(N2CCC(N3CCCC(C(=O)NCc4ccccn4)C3)CC2)no1. The van der Waals surface area contributed by atoms with Crippen LogP contribution >= 0.6 is 0 Å². The fraction of sp³-hybridized carbons (Fsp3) is 0.600. The van der Waals surface area contributed by atoms with Crippen molar-refractivity contribution in [3.8, 4) is 0 Å². The molecule has 0 aromatic carbocycles. The second-order valence-electron chi connectivity index (χ2n) is 7.70. The highest BCUT2D eigenvalue weighted by atomic mass is 16.5. The third kappa shape index (κ3) is 4.49. The number of hydrogen-bond acceptors (Lipinski definition) is 7. The Kier molecular flexibility index (Phi) is 5.85. The molecular weight excluding hydrogens is 356 g/mol. The smallest absolute Gasteiger partial charge is 0.266 e. The molecular formula is C20H28N6O2. The van der Waals surface area contributed by atoms with E-state index in [1.54, 1.807) is 6.20 Å². The predicted molar refractivity (Wildman–Crippen MR) is 105 cm³/mol. The summed E-state index contributed by atoms with van der Waals surface area (Å²) in [7, 11) is 0. The fourth-order valence-electron chi connectivity index (χ4n) is 4.22. The first kappa shape index (κ1) is 18.9. The lowest BCUT2D eigenvalue weighted by Gasteiger charge is -2.41. The Morgan fingerprint density at radius 3 is 2.82 bits per heavy atom. The van der Waals surface area contributed by atoms with Gasteiger partial charge >= 0.3 is 0 Å². The van der Waals surface area contributed by atoms with E-state index < -0.39 is 0 Å². The highest BCUT2D eigenvalue weighted by Gasteiger charge is 2.32. The zero-order chi connectivity index (χ0) is 19.3. The molecule has 8 heteroatoms. The highest BCUT2D eigenvalue weighted by molar-refractivity contribution is 5.78. The normalized spacial score (nSPS) is 21.6. The number of pyridine rings is 1. The number of aryl methyl sites for hydroxylation is 1. The molecule has 1 N–H and O–H groups in total. The molecule has 2 fully saturated rings. The Morgan fingerprint density at radius 1 is 1.25 bits per heavy atom. The average Bonchev–Trinajstić information content (AvgIpc) is 3.19. The minimum absolute atomic E-state index is 0.0651. The number of hydrogen-bond donors (Lipinski definition) is 1. The number of likely N-dealkylation sites (tertiary alicyclic amines) is 1. The maximum Gasteiger partial charge on any atom is 0.266 e. The van der Waals surface area contributed by atoms with Crippen molar-refractivity contribution < 1.29 is 9.32 Å². The van der Waals surface area contributed by atoms with Crippen LogP contribution in [0.1, 0.15) is 37.3 Å². The van der Waals surface area contributed by atoms with Crippen LogP contribution in [0.4, 0.5) is 5.95 Å². The number of rotatable bonds is 5. The van der Waals surface area contributed by atoms with Crippen molar-refractivity contribution in [2.75, 3.05) is 31.1 Å². The number of amides is 1.